The van der Waals surface area contributed by atoms with Crippen molar-refractivity contribution < 1.29 is 19.4 Å². The fourth-order valence-corrected chi connectivity index (χ4v) is 3.49. The van der Waals surface area contributed by atoms with Gasteiger partial charge in [0.2, 0.25) is 0 Å². The van der Waals surface area contributed by atoms with E-state index in [1.54, 1.807) is 34.9 Å². The van der Waals surface area contributed by atoms with Crippen LogP contribution >= 0.6 is 15.9 Å². The summed E-state index contributed by atoms with van der Waals surface area (Å²) in [5.41, 5.74) is 1.77. The first kappa shape index (κ1) is 21.6. The topological polar surface area (TPSA) is 77.8 Å². The molecular formula is C23H22BrNO5. The number of aromatic nitrogens is 1. The average molecular weight is 472 g/mol. The van der Waals surface area contributed by atoms with Crippen LogP contribution in [-0.2, 0) is 19.6 Å². The van der Waals surface area contributed by atoms with Crippen molar-refractivity contribution in [3.8, 4) is 11.5 Å². The van der Waals surface area contributed by atoms with E-state index in [-0.39, 0.29) is 17.7 Å². The van der Waals surface area contributed by atoms with Gasteiger partial charge in [-0.2, -0.15) is 0 Å². The van der Waals surface area contributed by atoms with E-state index in [0.29, 0.717) is 31.1 Å². The molecule has 0 aliphatic carbocycles. The molecule has 0 saturated heterocycles. The molecule has 2 aromatic carbocycles. The fourth-order valence-electron chi connectivity index (χ4n) is 3.03. The van der Waals surface area contributed by atoms with Crippen molar-refractivity contribution in [3.05, 3.63) is 92.3 Å². The highest BCUT2D eigenvalue weighted by Gasteiger charge is 2.12. The van der Waals surface area contributed by atoms with E-state index in [2.05, 4.69) is 15.9 Å². The van der Waals surface area contributed by atoms with Gasteiger partial charge >= 0.3 is 5.97 Å². The number of rotatable bonds is 9. The molecule has 0 atom stereocenters. The molecule has 156 valence electrons. The van der Waals surface area contributed by atoms with Crippen molar-refractivity contribution >= 4 is 21.9 Å². The Morgan fingerprint density at radius 1 is 1.00 bits per heavy atom. The Morgan fingerprint density at radius 2 is 1.67 bits per heavy atom. The summed E-state index contributed by atoms with van der Waals surface area (Å²) in [5.74, 6) is 0.300. The van der Waals surface area contributed by atoms with Gasteiger partial charge in [0.1, 0.15) is 6.61 Å². The number of benzene rings is 2. The van der Waals surface area contributed by atoms with Gasteiger partial charge in [-0.05, 0) is 65.2 Å². The largest absolute Gasteiger partial charge is 0.490 e. The molecule has 30 heavy (non-hydrogen) atoms. The van der Waals surface area contributed by atoms with Gasteiger partial charge in [0.05, 0.1) is 17.9 Å². The van der Waals surface area contributed by atoms with E-state index >= 15 is 0 Å². The zero-order valence-corrected chi connectivity index (χ0v) is 18.1. The van der Waals surface area contributed by atoms with E-state index in [9.17, 15) is 9.59 Å². The van der Waals surface area contributed by atoms with Crippen LogP contribution in [0.25, 0.3) is 0 Å². The maximum Gasteiger partial charge on any atom is 0.335 e. The lowest BCUT2D eigenvalue weighted by Gasteiger charge is -2.17. The Morgan fingerprint density at radius 3 is 2.30 bits per heavy atom. The van der Waals surface area contributed by atoms with Gasteiger partial charge < -0.3 is 19.1 Å². The fraction of sp³-hybridized carbons (Fsp3) is 0.217. The first-order chi connectivity index (χ1) is 14.5. The summed E-state index contributed by atoms with van der Waals surface area (Å²) >= 11 is 3.52. The van der Waals surface area contributed by atoms with Gasteiger partial charge in [-0.1, -0.05) is 24.3 Å². The second kappa shape index (κ2) is 10.1. The number of hydrogen-bond donors (Lipinski definition) is 1. The number of carbonyl (C=O) groups is 1. The Bertz CT molecular complexity index is 1080. The van der Waals surface area contributed by atoms with Crippen molar-refractivity contribution in [1.82, 2.24) is 4.57 Å². The summed E-state index contributed by atoms with van der Waals surface area (Å²) in [7, 11) is 0. The molecule has 1 N–H and O–H groups in total. The minimum Gasteiger partial charge on any atom is -0.490 e. The molecule has 0 fully saturated rings. The number of aryl methyl sites for hydroxylation is 1. The Labute approximate surface area is 182 Å². The maximum atomic E-state index is 12.5. The third kappa shape index (κ3) is 5.30. The lowest BCUT2D eigenvalue weighted by molar-refractivity contribution is 0.0697. The number of halogens is 1. The molecule has 0 amide bonds. The van der Waals surface area contributed by atoms with Crippen LogP contribution in [-0.4, -0.2) is 22.2 Å². The van der Waals surface area contributed by atoms with Gasteiger partial charge in [0.15, 0.2) is 11.5 Å². The first-order valence-corrected chi connectivity index (χ1v) is 10.3. The lowest BCUT2D eigenvalue weighted by atomic mass is 10.1. The smallest absolute Gasteiger partial charge is 0.335 e. The normalized spacial score (nSPS) is 10.6. The van der Waals surface area contributed by atoms with Crippen molar-refractivity contribution in [2.75, 3.05) is 6.61 Å². The molecule has 0 unspecified atom stereocenters. The second-order valence-electron chi connectivity index (χ2n) is 6.54. The zero-order chi connectivity index (χ0) is 21.5. The van der Waals surface area contributed by atoms with Crippen LogP contribution in [0.3, 0.4) is 0 Å². The summed E-state index contributed by atoms with van der Waals surface area (Å²) in [6.07, 6.45) is 0.582. The average Bonchev–Trinajstić information content (AvgIpc) is 2.75. The minimum atomic E-state index is -0.962. The van der Waals surface area contributed by atoms with E-state index in [4.69, 9.17) is 14.6 Å². The Hall–Kier alpha value is -3.06. The van der Waals surface area contributed by atoms with E-state index in [1.165, 1.54) is 6.07 Å². The maximum absolute atomic E-state index is 12.5. The summed E-state index contributed by atoms with van der Waals surface area (Å²) in [6.45, 7) is 3.07. The number of ether oxygens (including phenoxy) is 2. The number of nitrogens with zero attached hydrogens (tertiary/aromatic N) is 1. The van der Waals surface area contributed by atoms with E-state index in [1.807, 2.05) is 31.2 Å². The number of carboxylic acids is 1. The quantitative estimate of drug-likeness (QED) is 0.495. The third-order valence-electron chi connectivity index (χ3n) is 4.58. The number of carboxylic acid groups (broad SMARTS) is 1. The van der Waals surface area contributed by atoms with Crippen LogP contribution in [0.15, 0.2) is 69.9 Å². The molecule has 1 heterocycles. The van der Waals surface area contributed by atoms with Gasteiger partial charge in [-0.3, -0.25) is 4.79 Å². The van der Waals surface area contributed by atoms with Gasteiger partial charge in [0, 0.05) is 17.1 Å². The highest BCUT2D eigenvalue weighted by molar-refractivity contribution is 9.10. The molecule has 1 aromatic heterocycles. The molecule has 0 aliphatic heterocycles. The molecular weight excluding hydrogens is 450 g/mol. The number of aromatic carboxylic acids is 1. The molecule has 0 saturated carbocycles. The van der Waals surface area contributed by atoms with Gasteiger partial charge in [0.25, 0.3) is 5.56 Å². The third-order valence-corrected chi connectivity index (χ3v) is 5.30. The van der Waals surface area contributed by atoms with Crippen molar-refractivity contribution in [2.24, 2.45) is 0 Å². The predicted molar refractivity (Wildman–Crippen MR) is 117 cm³/mol. The standard InChI is InChI=1S/C23H22BrNO5/c1-2-29-20-5-3-4-6-21(20)30-15-19-18(24)11-12-22(26)25(19)14-13-16-7-9-17(10-8-16)23(27)28/h3-12H,2,13-15H2,1H3,(H,27,28). The van der Waals surface area contributed by atoms with Crippen molar-refractivity contribution in [3.63, 3.8) is 0 Å². The predicted octanol–water partition coefficient (Wildman–Crippen LogP) is 4.53. The molecule has 3 rings (SSSR count). The summed E-state index contributed by atoms with van der Waals surface area (Å²) < 4.78 is 14.0. The minimum absolute atomic E-state index is 0.128. The summed E-state index contributed by atoms with van der Waals surface area (Å²) in [4.78, 5) is 23.5. The molecule has 6 nitrogen and oxygen atoms in total. The molecule has 0 radical (unpaired) electrons. The Kier molecular flexibility index (Phi) is 7.30. The Balaban J connectivity index is 1.78. The van der Waals surface area contributed by atoms with Crippen molar-refractivity contribution in [2.45, 2.75) is 26.5 Å². The molecule has 0 aliphatic rings. The van der Waals surface area contributed by atoms with Crippen LogP contribution in [0.2, 0.25) is 0 Å². The van der Waals surface area contributed by atoms with E-state index < -0.39 is 5.97 Å². The summed E-state index contributed by atoms with van der Waals surface area (Å²) in [6, 6.07) is 17.3. The van der Waals surface area contributed by atoms with Crippen LogP contribution < -0.4 is 15.0 Å². The van der Waals surface area contributed by atoms with Crippen LogP contribution in [0.1, 0.15) is 28.5 Å². The molecule has 0 spiro atoms. The molecule has 7 heteroatoms. The highest BCUT2D eigenvalue weighted by Crippen LogP contribution is 2.28. The SMILES string of the molecule is CCOc1ccccc1OCc1c(Br)ccc(=O)n1CCc1ccc(C(=O)O)cc1. The summed E-state index contributed by atoms with van der Waals surface area (Å²) in [5, 5.41) is 9.02. The molecule has 3 aromatic rings. The van der Waals surface area contributed by atoms with Crippen molar-refractivity contribution in [1.29, 1.82) is 0 Å². The number of para-hydroxylation sites is 2. The first-order valence-electron chi connectivity index (χ1n) is 9.54. The van der Waals surface area contributed by atoms with E-state index in [0.717, 1.165) is 15.7 Å². The lowest BCUT2D eigenvalue weighted by Crippen LogP contribution is -2.25. The highest BCUT2D eigenvalue weighted by atomic mass is 79.9. The number of hydrogen-bond acceptors (Lipinski definition) is 4. The monoisotopic (exact) mass is 471 g/mol. The van der Waals surface area contributed by atoms with Crippen LogP contribution in [0, 0.1) is 0 Å². The second-order valence-corrected chi connectivity index (χ2v) is 7.39. The van der Waals surface area contributed by atoms with Gasteiger partial charge in [-0.25, -0.2) is 4.79 Å². The van der Waals surface area contributed by atoms with Crippen LogP contribution in [0.5, 0.6) is 11.5 Å². The zero-order valence-electron chi connectivity index (χ0n) is 16.5. The van der Waals surface area contributed by atoms with Crippen LogP contribution in [0.4, 0.5) is 0 Å². The van der Waals surface area contributed by atoms with Gasteiger partial charge in [-0.15, -0.1) is 0 Å². The number of pyridine rings is 1. The molecule has 0 bridgehead atoms.